The standard InChI is InChI=1S/C13H17N3S/c14-8-10-12(15)11(9-4-5-9)13(17-10)16-6-2-1-3-7-16/h9H,1-7,15H2. The summed E-state index contributed by atoms with van der Waals surface area (Å²) in [6.07, 6.45) is 6.36. The summed E-state index contributed by atoms with van der Waals surface area (Å²) in [4.78, 5) is 3.16. The predicted octanol–water partition coefficient (Wildman–Crippen LogP) is 3.07. The monoisotopic (exact) mass is 247 g/mol. The number of nitrogens with two attached hydrogens (primary N) is 1. The number of nitrogens with zero attached hydrogens (tertiary/aromatic N) is 2. The Morgan fingerprint density at radius 1 is 1.24 bits per heavy atom. The number of nitriles is 1. The molecule has 2 heterocycles. The fraction of sp³-hybridized carbons (Fsp3) is 0.615. The fourth-order valence-electron chi connectivity index (χ4n) is 2.63. The highest BCUT2D eigenvalue weighted by molar-refractivity contribution is 7.17. The van der Waals surface area contributed by atoms with Gasteiger partial charge < -0.3 is 10.6 Å². The van der Waals surface area contributed by atoms with E-state index in [9.17, 15) is 0 Å². The van der Waals surface area contributed by atoms with Crippen molar-refractivity contribution >= 4 is 22.0 Å². The molecule has 2 aliphatic rings. The van der Waals surface area contributed by atoms with E-state index in [1.54, 1.807) is 11.3 Å². The summed E-state index contributed by atoms with van der Waals surface area (Å²) in [6.45, 7) is 2.26. The third-order valence-electron chi connectivity index (χ3n) is 3.69. The van der Waals surface area contributed by atoms with Crippen molar-refractivity contribution in [3.8, 4) is 6.07 Å². The van der Waals surface area contributed by atoms with Crippen LogP contribution < -0.4 is 10.6 Å². The molecule has 2 N–H and O–H groups in total. The van der Waals surface area contributed by atoms with Crippen molar-refractivity contribution in [2.24, 2.45) is 0 Å². The van der Waals surface area contributed by atoms with Crippen LogP contribution >= 0.6 is 11.3 Å². The van der Waals surface area contributed by atoms with Gasteiger partial charge >= 0.3 is 0 Å². The third kappa shape index (κ3) is 1.89. The van der Waals surface area contributed by atoms with Crippen LogP contribution in [0.2, 0.25) is 0 Å². The highest BCUT2D eigenvalue weighted by Gasteiger charge is 2.33. The van der Waals surface area contributed by atoms with Crippen LogP contribution in [0.3, 0.4) is 0 Å². The van der Waals surface area contributed by atoms with Gasteiger partial charge in [0.2, 0.25) is 0 Å². The van der Waals surface area contributed by atoms with E-state index in [-0.39, 0.29) is 0 Å². The Balaban J connectivity index is 1.99. The smallest absolute Gasteiger partial charge is 0.130 e. The van der Waals surface area contributed by atoms with Gasteiger partial charge in [-0.1, -0.05) is 0 Å². The van der Waals surface area contributed by atoms with Gasteiger partial charge in [0.05, 0.1) is 10.7 Å². The van der Waals surface area contributed by atoms with E-state index < -0.39 is 0 Å². The average molecular weight is 247 g/mol. The van der Waals surface area contributed by atoms with Crippen molar-refractivity contribution in [1.82, 2.24) is 0 Å². The quantitative estimate of drug-likeness (QED) is 0.873. The van der Waals surface area contributed by atoms with Crippen LogP contribution in [0.1, 0.15) is 48.5 Å². The molecule has 1 saturated carbocycles. The second-order valence-electron chi connectivity index (χ2n) is 5.00. The Bertz CT molecular complexity index is 462. The zero-order valence-electron chi connectivity index (χ0n) is 9.91. The van der Waals surface area contributed by atoms with E-state index in [0.717, 1.165) is 18.8 Å². The highest BCUT2D eigenvalue weighted by atomic mass is 32.1. The van der Waals surface area contributed by atoms with Crippen LogP contribution in [-0.4, -0.2) is 13.1 Å². The number of nitrogen functional groups attached to an aromatic ring is 1. The molecular formula is C13H17N3S. The molecule has 1 aliphatic heterocycles. The molecule has 1 saturated heterocycles. The first-order valence-corrected chi connectivity index (χ1v) is 7.20. The molecule has 4 heteroatoms. The lowest BCUT2D eigenvalue weighted by Crippen LogP contribution is -2.29. The second kappa shape index (κ2) is 4.23. The van der Waals surface area contributed by atoms with Gasteiger partial charge in [-0.15, -0.1) is 11.3 Å². The summed E-state index contributed by atoms with van der Waals surface area (Å²) in [5.41, 5.74) is 8.17. The Hall–Kier alpha value is -1.21. The van der Waals surface area contributed by atoms with E-state index in [4.69, 9.17) is 11.0 Å². The van der Waals surface area contributed by atoms with Crippen molar-refractivity contribution in [2.75, 3.05) is 23.7 Å². The third-order valence-corrected chi connectivity index (χ3v) is 4.88. The minimum absolute atomic E-state index is 0.630. The van der Waals surface area contributed by atoms with Crippen molar-refractivity contribution in [3.63, 3.8) is 0 Å². The zero-order chi connectivity index (χ0) is 11.8. The molecule has 3 nitrogen and oxygen atoms in total. The van der Waals surface area contributed by atoms with Gasteiger partial charge in [-0.3, -0.25) is 0 Å². The van der Waals surface area contributed by atoms with Crippen LogP contribution in [0, 0.1) is 11.3 Å². The Labute approximate surface area is 106 Å². The van der Waals surface area contributed by atoms with E-state index in [2.05, 4.69) is 11.0 Å². The first kappa shape index (κ1) is 10.9. The molecule has 0 unspecified atom stereocenters. The first-order chi connectivity index (χ1) is 8.31. The normalized spacial score (nSPS) is 20.3. The van der Waals surface area contributed by atoms with Gasteiger partial charge in [-0.25, -0.2) is 0 Å². The fourth-order valence-corrected chi connectivity index (χ4v) is 3.78. The molecule has 1 aromatic rings. The van der Waals surface area contributed by atoms with E-state index in [1.165, 1.54) is 42.7 Å². The molecule has 90 valence electrons. The van der Waals surface area contributed by atoms with Crippen molar-refractivity contribution in [1.29, 1.82) is 5.26 Å². The summed E-state index contributed by atoms with van der Waals surface area (Å²) in [6, 6.07) is 2.24. The Morgan fingerprint density at radius 2 is 1.94 bits per heavy atom. The highest BCUT2D eigenvalue weighted by Crippen LogP contribution is 2.52. The summed E-state index contributed by atoms with van der Waals surface area (Å²) in [7, 11) is 0. The van der Waals surface area contributed by atoms with Crippen LogP contribution in [0.5, 0.6) is 0 Å². The van der Waals surface area contributed by atoms with E-state index in [0.29, 0.717) is 10.8 Å². The number of piperidine rings is 1. The SMILES string of the molecule is N#Cc1sc(N2CCCCC2)c(C2CC2)c1N. The summed E-state index contributed by atoms with van der Waals surface area (Å²) in [5.74, 6) is 0.630. The molecule has 1 aromatic heterocycles. The lowest BCUT2D eigenvalue weighted by Gasteiger charge is -2.28. The Kier molecular flexibility index (Phi) is 2.71. The molecular weight excluding hydrogens is 230 g/mol. The number of thiophene rings is 1. The van der Waals surface area contributed by atoms with Crippen molar-refractivity contribution in [2.45, 2.75) is 38.0 Å². The maximum absolute atomic E-state index is 9.12. The van der Waals surface area contributed by atoms with Gasteiger partial charge in [-0.2, -0.15) is 5.26 Å². The summed E-state index contributed by atoms with van der Waals surface area (Å²) >= 11 is 1.60. The van der Waals surface area contributed by atoms with Crippen LogP contribution in [0.25, 0.3) is 0 Å². The maximum Gasteiger partial charge on any atom is 0.130 e. The minimum atomic E-state index is 0.630. The molecule has 0 radical (unpaired) electrons. The lowest BCUT2D eigenvalue weighted by molar-refractivity contribution is 0.579. The largest absolute Gasteiger partial charge is 0.397 e. The topological polar surface area (TPSA) is 53.0 Å². The average Bonchev–Trinajstić information content (AvgIpc) is 3.14. The van der Waals surface area contributed by atoms with Crippen molar-refractivity contribution < 1.29 is 0 Å². The van der Waals surface area contributed by atoms with Gasteiger partial charge in [0, 0.05) is 18.7 Å². The predicted molar refractivity (Wildman–Crippen MR) is 71.5 cm³/mol. The summed E-state index contributed by atoms with van der Waals surface area (Å²) < 4.78 is 0. The molecule has 0 amide bonds. The van der Waals surface area contributed by atoms with Gasteiger partial charge in [0.1, 0.15) is 10.9 Å². The second-order valence-corrected chi connectivity index (χ2v) is 6.00. The van der Waals surface area contributed by atoms with E-state index in [1.807, 2.05) is 0 Å². The summed E-state index contributed by atoms with van der Waals surface area (Å²) in [5, 5.41) is 10.4. The number of anilines is 2. The van der Waals surface area contributed by atoms with E-state index >= 15 is 0 Å². The number of rotatable bonds is 2. The minimum Gasteiger partial charge on any atom is -0.397 e. The van der Waals surface area contributed by atoms with Crippen LogP contribution in [0.15, 0.2) is 0 Å². The molecule has 0 bridgehead atoms. The lowest BCUT2D eigenvalue weighted by atomic mass is 10.1. The van der Waals surface area contributed by atoms with Gasteiger partial charge in [0.25, 0.3) is 0 Å². The molecule has 3 rings (SSSR count). The molecule has 0 aromatic carbocycles. The molecule has 0 spiro atoms. The van der Waals surface area contributed by atoms with Crippen LogP contribution in [-0.2, 0) is 0 Å². The zero-order valence-corrected chi connectivity index (χ0v) is 10.7. The Morgan fingerprint density at radius 3 is 2.53 bits per heavy atom. The van der Waals surface area contributed by atoms with Crippen molar-refractivity contribution in [3.05, 3.63) is 10.4 Å². The molecule has 1 aliphatic carbocycles. The molecule has 2 fully saturated rings. The van der Waals surface area contributed by atoms with Gasteiger partial charge in [0.15, 0.2) is 0 Å². The number of hydrogen-bond acceptors (Lipinski definition) is 4. The molecule has 17 heavy (non-hydrogen) atoms. The number of hydrogen-bond donors (Lipinski definition) is 1. The van der Waals surface area contributed by atoms with Gasteiger partial charge in [-0.05, 0) is 38.0 Å². The molecule has 0 atom stereocenters. The first-order valence-electron chi connectivity index (χ1n) is 6.38. The maximum atomic E-state index is 9.12. The van der Waals surface area contributed by atoms with Crippen LogP contribution in [0.4, 0.5) is 10.7 Å².